The molecule has 4 nitrogen and oxygen atoms in total. The SMILES string of the molecule is CCCCCN(C)c1cc(NCC)nc(CCC)n1. The van der Waals surface area contributed by atoms with E-state index < -0.39 is 0 Å². The Bertz CT molecular complexity index is 341. The Morgan fingerprint density at radius 3 is 2.53 bits per heavy atom. The minimum absolute atomic E-state index is 0.890. The first-order valence-corrected chi connectivity index (χ1v) is 7.54. The van der Waals surface area contributed by atoms with Gasteiger partial charge in [0.05, 0.1) is 0 Å². The summed E-state index contributed by atoms with van der Waals surface area (Å²) in [5.74, 6) is 2.92. The van der Waals surface area contributed by atoms with Gasteiger partial charge in [-0.25, -0.2) is 9.97 Å². The van der Waals surface area contributed by atoms with Gasteiger partial charge in [0.1, 0.15) is 17.5 Å². The fourth-order valence-electron chi connectivity index (χ4n) is 2.00. The van der Waals surface area contributed by atoms with E-state index >= 15 is 0 Å². The Morgan fingerprint density at radius 2 is 1.89 bits per heavy atom. The van der Waals surface area contributed by atoms with E-state index in [9.17, 15) is 0 Å². The van der Waals surface area contributed by atoms with Crippen LogP contribution in [-0.2, 0) is 6.42 Å². The third-order valence-corrected chi connectivity index (χ3v) is 3.08. The average Bonchev–Trinajstić information content (AvgIpc) is 2.39. The van der Waals surface area contributed by atoms with E-state index in [2.05, 4.69) is 54.1 Å². The van der Waals surface area contributed by atoms with Crippen LogP contribution in [0.5, 0.6) is 0 Å². The Balaban J connectivity index is 2.78. The summed E-state index contributed by atoms with van der Waals surface area (Å²) in [6.07, 6.45) is 5.76. The van der Waals surface area contributed by atoms with E-state index in [0.717, 1.165) is 43.4 Å². The molecule has 1 aromatic heterocycles. The molecule has 0 amide bonds. The second kappa shape index (κ2) is 8.73. The first-order chi connectivity index (χ1) is 9.21. The maximum absolute atomic E-state index is 4.66. The molecule has 1 heterocycles. The fourth-order valence-corrected chi connectivity index (χ4v) is 2.00. The van der Waals surface area contributed by atoms with Crippen LogP contribution in [0.1, 0.15) is 52.3 Å². The molecule has 0 aliphatic heterocycles. The summed E-state index contributed by atoms with van der Waals surface area (Å²) in [7, 11) is 2.11. The van der Waals surface area contributed by atoms with Gasteiger partial charge < -0.3 is 10.2 Å². The van der Waals surface area contributed by atoms with Gasteiger partial charge in [0, 0.05) is 32.6 Å². The van der Waals surface area contributed by atoms with E-state index in [1.54, 1.807) is 0 Å². The zero-order valence-corrected chi connectivity index (χ0v) is 12.9. The van der Waals surface area contributed by atoms with Crippen molar-refractivity contribution in [3.8, 4) is 0 Å². The first kappa shape index (κ1) is 15.7. The summed E-state index contributed by atoms with van der Waals surface area (Å²) < 4.78 is 0. The normalized spacial score (nSPS) is 10.5. The summed E-state index contributed by atoms with van der Waals surface area (Å²) in [6.45, 7) is 8.43. The average molecular weight is 264 g/mol. The summed E-state index contributed by atoms with van der Waals surface area (Å²) in [5.41, 5.74) is 0. The number of nitrogens with zero attached hydrogens (tertiary/aromatic N) is 3. The van der Waals surface area contributed by atoms with E-state index in [1.807, 2.05) is 0 Å². The molecule has 0 aliphatic rings. The highest BCUT2D eigenvalue weighted by Gasteiger charge is 2.07. The zero-order valence-electron chi connectivity index (χ0n) is 12.9. The van der Waals surface area contributed by atoms with Gasteiger partial charge in [0.15, 0.2) is 0 Å². The largest absolute Gasteiger partial charge is 0.370 e. The van der Waals surface area contributed by atoms with Crippen LogP contribution in [0.2, 0.25) is 0 Å². The number of aromatic nitrogens is 2. The summed E-state index contributed by atoms with van der Waals surface area (Å²) in [6, 6.07) is 2.05. The van der Waals surface area contributed by atoms with Crippen molar-refractivity contribution >= 4 is 11.6 Å². The second-order valence-electron chi connectivity index (χ2n) is 4.94. The minimum Gasteiger partial charge on any atom is -0.370 e. The molecule has 1 rings (SSSR count). The van der Waals surface area contributed by atoms with Crippen molar-refractivity contribution in [2.75, 3.05) is 30.4 Å². The van der Waals surface area contributed by atoms with Crippen LogP contribution >= 0.6 is 0 Å². The molecule has 0 bridgehead atoms. The topological polar surface area (TPSA) is 41.0 Å². The molecule has 19 heavy (non-hydrogen) atoms. The Hall–Kier alpha value is -1.32. The second-order valence-corrected chi connectivity index (χ2v) is 4.94. The zero-order chi connectivity index (χ0) is 14.1. The maximum Gasteiger partial charge on any atom is 0.134 e. The van der Waals surface area contributed by atoms with Crippen LogP contribution in [0, 0.1) is 0 Å². The molecule has 0 saturated heterocycles. The molecule has 0 aromatic carbocycles. The van der Waals surface area contributed by atoms with Gasteiger partial charge >= 0.3 is 0 Å². The van der Waals surface area contributed by atoms with Crippen molar-refractivity contribution < 1.29 is 0 Å². The lowest BCUT2D eigenvalue weighted by Gasteiger charge is -2.19. The monoisotopic (exact) mass is 264 g/mol. The number of aryl methyl sites for hydroxylation is 1. The number of rotatable bonds is 9. The number of unbranched alkanes of at least 4 members (excludes halogenated alkanes) is 2. The number of hydrogen-bond acceptors (Lipinski definition) is 4. The molecule has 0 fully saturated rings. The van der Waals surface area contributed by atoms with E-state index in [1.165, 1.54) is 19.3 Å². The predicted octanol–water partition coefficient (Wildman–Crippen LogP) is 3.49. The minimum atomic E-state index is 0.890. The standard InChI is InChI=1S/C15H28N4/c1-5-8-9-11-19(4)15-12-14(16-7-3)17-13(18-15)10-6-2/h12H,5-11H2,1-4H3,(H,16,17,18). The van der Waals surface area contributed by atoms with Crippen LogP contribution in [0.4, 0.5) is 11.6 Å². The Kier molecular flexibility index (Phi) is 7.23. The van der Waals surface area contributed by atoms with Crippen LogP contribution in [0.15, 0.2) is 6.07 Å². The van der Waals surface area contributed by atoms with Crippen LogP contribution < -0.4 is 10.2 Å². The molecule has 4 heteroatoms. The van der Waals surface area contributed by atoms with E-state index in [0.29, 0.717) is 0 Å². The molecule has 0 radical (unpaired) electrons. The van der Waals surface area contributed by atoms with E-state index in [4.69, 9.17) is 0 Å². The molecule has 0 saturated carbocycles. The van der Waals surface area contributed by atoms with Gasteiger partial charge in [-0.05, 0) is 19.8 Å². The maximum atomic E-state index is 4.66. The van der Waals surface area contributed by atoms with Gasteiger partial charge in [0.2, 0.25) is 0 Å². The molecule has 0 unspecified atom stereocenters. The van der Waals surface area contributed by atoms with Gasteiger partial charge in [-0.3, -0.25) is 0 Å². The smallest absolute Gasteiger partial charge is 0.134 e. The first-order valence-electron chi connectivity index (χ1n) is 7.54. The molecule has 0 spiro atoms. The van der Waals surface area contributed by atoms with Crippen LogP contribution in [-0.4, -0.2) is 30.1 Å². The Labute approximate surface area is 117 Å². The van der Waals surface area contributed by atoms with Crippen molar-refractivity contribution in [2.45, 2.75) is 52.9 Å². The molecule has 1 N–H and O–H groups in total. The van der Waals surface area contributed by atoms with Crippen molar-refractivity contribution in [1.29, 1.82) is 0 Å². The van der Waals surface area contributed by atoms with Crippen LogP contribution in [0.3, 0.4) is 0 Å². The number of anilines is 2. The lowest BCUT2D eigenvalue weighted by Crippen LogP contribution is -2.21. The quantitative estimate of drug-likeness (QED) is 0.693. The van der Waals surface area contributed by atoms with Gasteiger partial charge in [0.25, 0.3) is 0 Å². The molecular weight excluding hydrogens is 236 g/mol. The van der Waals surface area contributed by atoms with Gasteiger partial charge in [-0.15, -0.1) is 0 Å². The lowest BCUT2D eigenvalue weighted by molar-refractivity contribution is 0.698. The van der Waals surface area contributed by atoms with Crippen molar-refractivity contribution in [3.63, 3.8) is 0 Å². The molecule has 108 valence electrons. The summed E-state index contributed by atoms with van der Waals surface area (Å²) in [4.78, 5) is 11.4. The third-order valence-electron chi connectivity index (χ3n) is 3.08. The van der Waals surface area contributed by atoms with Crippen LogP contribution in [0.25, 0.3) is 0 Å². The van der Waals surface area contributed by atoms with Gasteiger partial charge in [-0.1, -0.05) is 26.7 Å². The highest BCUT2D eigenvalue weighted by atomic mass is 15.2. The number of hydrogen-bond donors (Lipinski definition) is 1. The van der Waals surface area contributed by atoms with Crippen molar-refractivity contribution in [3.05, 3.63) is 11.9 Å². The summed E-state index contributed by atoms with van der Waals surface area (Å²) in [5, 5.41) is 3.29. The highest BCUT2D eigenvalue weighted by molar-refractivity contribution is 5.49. The Morgan fingerprint density at radius 1 is 1.11 bits per heavy atom. The molecule has 1 aromatic rings. The van der Waals surface area contributed by atoms with Gasteiger partial charge in [-0.2, -0.15) is 0 Å². The lowest BCUT2D eigenvalue weighted by atomic mass is 10.2. The van der Waals surface area contributed by atoms with Crippen molar-refractivity contribution in [2.24, 2.45) is 0 Å². The molecule has 0 atom stereocenters. The molecule has 0 aliphatic carbocycles. The third kappa shape index (κ3) is 5.45. The highest BCUT2D eigenvalue weighted by Crippen LogP contribution is 2.16. The summed E-state index contributed by atoms with van der Waals surface area (Å²) >= 11 is 0. The fraction of sp³-hybridized carbons (Fsp3) is 0.733. The number of nitrogens with one attached hydrogen (secondary N) is 1. The van der Waals surface area contributed by atoms with Crippen molar-refractivity contribution in [1.82, 2.24) is 9.97 Å². The molecular formula is C15H28N4. The van der Waals surface area contributed by atoms with E-state index in [-0.39, 0.29) is 0 Å². The predicted molar refractivity (Wildman–Crippen MR) is 83.0 cm³/mol.